The summed E-state index contributed by atoms with van der Waals surface area (Å²) < 4.78 is 0. The van der Waals surface area contributed by atoms with Crippen LogP contribution in [0.3, 0.4) is 0 Å². The van der Waals surface area contributed by atoms with Gasteiger partial charge in [0, 0.05) is 18.7 Å². The van der Waals surface area contributed by atoms with Crippen LogP contribution in [-0.2, 0) is 16.0 Å². The number of anilines is 1. The first-order chi connectivity index (χ1) is 14.8. The molecule has 2 aliphatic heterocycles. The Balaban J connectivity index is 1.45. The second-order valence-electron chi connectivity index (χ2n) is 7.39. The van der Waals surface area contributed by atoms with Crippen LogP contribution in [0, 0.1) is 0 Å². The largest absolute Gasteiger partial charge is 0.478 e. The molecule has 2 aliphatic rings. The zero-order valence-corrected chi connectivity index (χ0v) is 16.4. The molecule has 9 heteroatoms. The molecule has 0 aliphatic carbocycles. The third kappa shape index (κ3) is 3.89. The molecule has 2 aromatic carbocycles. The minimum absolute atomic E-state index is 0.0691. The summed E-state index contributed by atoms with van der Waals surface area (Å²) in [5.74, 6) is -3.16. The van der Waals surface area contributed by atoms with Crippen LogP contribution in [0.5, 0.6) is 0 Å². The van der Waals surface area contributed by atoms with E-state index >= 15 is 0 Å². The average Bonchev–Trinajstić information content (AvgIpc) is 2.98. The van der Waals surface area contributed by atoms with Gasteiger partial charge in [-0.2, -0.15) is 0 Å². The number of carboxylic acids is 1. The van der Waals surface area contributed by atoms with Crippen molar-refractivity contribution < 1.29 is 29.1 Å². The quantitative estimate of drug-likeness (QED) is 0.601. The van der Waals surface area contributed by atoms with Gasteiger partial charge >= 0.3 is 5.97 Å². The van der Waals surface area contributed by atoms with E-state index < -0.39 is 35.6 Å². The molecule has 4 amide bonds. The van der Waals surface area contributed by atoms with Crippen LogP contribution in [0.25, 0.3) is 0 Å². The van der Waals surface area contributed by atoms with Crippen molar-refractivity contribution in [1.29, 1.82) is 0 Å². The Kier molecular flexibility index (Phi) is 5.24. The van der Waals surface area contributed by atoms with Gasteiger partial charge in [0.25, 0.3) is 11.8 Å². The van der Waals surface area contributed by atoms with Crippen molar-refractivity contribution in [2.45, 2.75) is 25.3 Å². The molecular weight excluding hydrogens is 402 g/mol. The van der Waals surface area contributed by atoms with Gasteiger partial charge < -0.3 is 10.4 Å². The fourth-order valence-electron chi connectivity index (χ4n) is 3.79. The maximum atomic E-state index is 12.8. The number of nitrogens with zero attached hydrogens (tertiary/aromatic N) is 1. The number of nitrogens with one attached hydrogen (secondary N) is 2. The Morgan fingerprint density at radius 2 is 1.84 bits per heavy atom. The van der Waals surface area contributed by atoms with Crippen molar-refractivity contribution in [3.63, 3.8) is 0 Å². The number of rotatable bonds is 6. The molecular formula is C22H19N3O6. The molecule has 1 atom stereocenters. The van der Waals surface area contributed by atoms with E-state index in [1.807, 2.05) is 6.07 Å². The molecule has 1 saturated heterocycles. The van der Waals surface area contributed by atoms with Gasteiger partial charge in [0.1, 0.15) is 6.04 Å². The highest BCUT2D eigenvalue weighted by molar-refractivity contribution is 6.23. The molecule has 9 nitrogen and oxygen atoms in total. The maximum Gasteiger partial charge on any atom is 0.335 e. The van der Waals surface area contributed by atoms with E-state index in [-0.39, 0.29) is 29.5 Å². The summed E-state index contributed by atoms with van der Waals surface area (Å²) in [5.41, 5.74) is 2.11. The molecule has 0 aromatic heterocycles. The first-order valence-electron chi connectivity index (χ1n) is 9.77. The first-order valence-corrected chi connectivity index (χ1v) is 9.77. The van der Waals surface area contributed by atoms with Crippen molar-refractivity contribution in [3.8, 4) is 0 Å². The zero-order valence-electron chi connectivity index (χ0n) is 16.4. The van der Waals surface area contributed by atoms with Gasteiger partial charge in [0.2, 0.25) is 11.8 Å². The summed E-state index contributed by atoms with van der Waals surface area (Å²) in [6.07, 6.45) is 0.740. The van der Waals surface area contributed by atoms with Gasteiger partial charge in [-0.25, -0.2) is 4.79 Å². The van der Waals surface area contributed by atoms with Gasteiger partial charge in [-0.05, 0) is 48.7 Å². The number of carbonyl (C=O) groups excluding carboxylic acids is 4. The van der Waals surface area contributed by atoms with E-state index in [2.05, 4.69) is 10.6 Å². The molecule has 2 aromatic rings. The monoisotopic (exact) mass is 421 g/mol. The summed E-state index contributed by atoms with van der Waals surface area (Å²) in [5, 5.41) is 14.4. The van der Waals surface area contributed by atoms with Gasteiger partial charge in [-0.15, -0.1) is 0 Å². The van der Waals surface area contributed by atoms with E-state index in [0.29, 0.717) is 18.7 Å². The smallest absolute Gasteiger partial charge is 0.335 e. The molecule has 158 valence electrons. The number of aromatic carboxylic acids is 1. The molecule has 1 fully saturated rings. The predicted octanol–water partition coefficient (Wildman–Crippen LogP) is 1.44. The second kappa shape index (κ2) is 8.02. The molecule has 0 saturated carbocycles. The number of piperidine rings is 1. The minimum atomic E-state index is -0.997. The van der Waals surface area contributed by atoms with Gasteiger partial charge in [-0.1, -0.05) is 12.1 Å². The van der Waals surface area contributed by atoms with Gasteiger partial charge in [0.05, 0.1) is 16.7 Å². The van der Waals surface area contributed by atoms with Crippen LogP contribution in [0.4, 0.5) is 5.69 Å². The molecule has 1 unspecified atom stereocenters. The molecule has 0 bridgehead atoms. The first kappa shape index (κ1) is 20.3. The van der Waals surface area contributed by atoms with E-state index in [4.69, 9.17) is 5.11 Å². The SMILES string of the molecule is O=C1CCC(N2C(=O)c3ccc(NCCc4cccc(C(=O)O)c4)cc3C2=O)C(=O)N1. The van der Waals surface area contributed by atoms with Crippen LogP contribution in [0.2, 0.25) is 0 Å². The third-order valence-electron chi connectivity index (χ3n) is 5.36. The molecule has 31 heavy (non-hydrogen) atoms. The highest BCUT2D eigenvalue weighted by atomic mass is 16.4. The number of hydrogen-bond donors (Lipinski definition) is 3. The third-order valence-corrected chi connectivity index (χ3v) is 5.36. The van der Waals surface area contributed by atoms with Crippen LogP contribution in [0.1, 0.15) is 49.5 Å². The van der Waals surface area contributed by atoms with Crippen LogP contribution >= 0.6 is 0 Å². The van der Waals surface area contributed by atoms with Crippen molar-refractivity contribution in [2.24, 2.45) is 0 Å². The van der Waals surface area contributed by atoms with E-state index in [1.165, 1.54) is 12.1 Å². The molecule has 3 N–H and O–H groups in total. The molecule has 4 rings (SSSR count). The molecule has 0 radical (unpaired) electrons. The van der Waals surface area contributed by atoms with Crippen molar-refractivity contribution >= 4 is 35.3 Å². The Morgan fingerprint density at radius 1 is 1.06 bits per heavy atom. The van der Waals surface area contributed by atoms with Crippen LogP contribution in [-0.4, -0.2) is 52.2 Å². The number of amides is 4. The molecule has 0 spiro atoms. The maximum absolute atomic E-state index is 12.8. The lowest BCUT2D eigenvalue weighted by Crippen LogP contribution is -2.54. The summed E-state index contributed by atoms with van der Waals surface area (Å²) in [4.78, 5) is 61.0. The predicted molar refractivity (Wildman–Crippen MR) is 109 cm³/mol. The van der Waals surface area contributed by atoms with E-state index in [0.717, 1.165) is 10.5 Å². The minimum Gasteiger partial charge on any atom is -0.478 e. The second-order valence-corrected chi connectivity index (χ2v) is 7.39. The fraction of sp³-hybridized carbons (Fsp3) is 0.227. The lowest BCUT2D eigenvalue weighted by atomic mass is 10.0. The van der Waals surface area contributed by atoms with Crippen molar-refractivity contribution in [1.82, 2.24) is 10.2 Å². The zero-order chi connectivity index (χ0) is 22.1. The Hall–Kier alpha value is -4.01. The number of carbonyl (C=O) groups is 5. The highest BCUT2D eigenvalue weighted by Crippen LogP contribution is 2.29. The lowest BCUT2D eigenvalue weighted by molar-refractivity contribution is -0.136. The summed E-state index contributed by atoms with van der Waals surface area (Å²) in [6.45, 7) is 0.487. The van der Waals surface area contributed by atoms with Crippen LogP contribution in [0.15, 0.2) is 42.5 Å². The summed E-state index contributed by atoms with van der Waals surface area (Å²) >= 11 is 0. The Labute approximate surface area is 177 Å². The topological polar surface area (TPSA) is 133 Å². The Morgan fingerprint density at radius 3 is 2.58 bits per heavy atom. The van der Waals surface area contributed by atoms with Crippen molar-refractivity contribution in [2.75, 3.05) is 11.9 Å². The molecule has 2 heterocycles. The van der Waals surface area contributed by atoms with E-state index in [1.54, 1.807) is 24.3 Å². The standard InChI is InChI=1S/C22H19N3O6/c26-18-7-6-17(19(27)24-18)25-20(28)15-5-4-14(11-16(15)21(25)29)23-9-8-12-2-1-3-13(10-12)22(30)31/h1-5,10-11,17,23H,6-9H2,(H,30,31)(H,24,26,27). The number of imide groups is 2. The number of fused-ring (bicyclic) bond motifs is 1. The van der Waals surface area contributed by atoms with Crippen molar-refractivity contribution in [3.05, 3.63) is 64.7 Å². The number of carboxylic acid groups (broad SMARTS) is 1. The van der Waals surface area contributed by atoms with E-state index in [9.17, 15) is 24.0 Å². The lowest BCUT2D eigenvalue weighted by Gasteiger charge is -2.27. The normalized spacial score (nSPS) is 18.1. The van der Waals surface area contributed by atoms with Gasteiger partial charge in [-0.3, -0.25) is 29.4 Å². The average molecular weight is 421 g/mol. The Bertz CT molecular complexity index is 1130. The number of benzene rings is 2. The van der Waals surface area contributed by atoms with Gasteiger partial charge in [0.15, 0.2) is 0 Å². The van der Waals surface area contributed by atoms with Crippen LogP contribution < -0.4 is 10.6 Å². The summed E-state index contributed by atoms with van der Waals surface area (Å²) in [6, 6.07) is 10.4. The highest BCUT2D eigenvalue weighted by Gasteiger charge is 2.44. The number of hydrogen-bond acceptors (Lipinski definition) is 6. The summed E-state index contributed by atoms with van der Waals surface area (Å²) in [7, 11) is 0. The fourth-order valence-corrected chi connectivity index (χ4v) is 3.79.